The van der Waals surface area contributed by atoms with Crippen molar-refractivity contribution in [2.24, 2.45) is 0 Å². The number of halogens is 1. The smallest absolute Gasteiger partial charge is 0.336 e. The molecule has 0 atom stereocenters. The van der Waals surface area contributed by atoms with E-state index in [1.807, 2.05) is 59.3 Å². The summed E-state index contributed by atoms with van der Waals surface area (Å²) in [6.45, 7) is 0.585. The summed E-state index contributed by atoms with van der Waals surface area (Å²) < 4.78 is 2.04. The minimum absolute atomic E-state index is 0.132. The first kappa shape index (κ1) is 20.7. The molecule has 8 heteroatoms. The van der Waals surface area contributed by atoms with Crippen LogP contribution in [0, 0.1) is 0 Å². The average molecular weight is 457 g/mol. The van der Waals surface area contributed by atoms with Gasteiger partial charge in [0.15, 0.2) is 0 Å². The van der Waals surface area contributed by atoms with E-state index >= 15 is 0 Å². The Kier molecular flexibility index (Phi) is 5.24. The number of nitrogens with zero attached hydrogens (tertiary/aromatic N) is 3. The Bertz CT molecular complexity index is 1430. The second-order valence-electron chi connectivity index (χ2n) is 7.53. The molecule has 7 nitrogen and oxygen atoms in total. The maximum Gasteiger partial charge on any atom is 0.336 e. The number of urea groups is 1. The first-order valence-electron chi connectivity index (χ1n) is 10.1. The van der Waals surface area contributed by atoms with Crippen molar-refractivity contribution >= 4 is 52.1 Å². The monoisotopic (exact) mass is 456 g/mol. The summed E-state index contributed by atoms with van der Waals surface area (Å²) in [4.78, 5) is 43.0. The van der Waals surface area contributed by atoms with Gasteiger partial charge in [0.05, 0.1) is 11.9 Å². The number of carbonyl (C=O) groups excluding carboxylic acids is 3. The van der Waals surface area contributed by atoms with E-state index in [1.54, 1.807) is 12.1 Å². The zero-order valence-electron chi connectivity index (χ0n) is 17.2. The van der Waals surface area contributed by atoms with E-state index in [0.717, 1.165) is 21.4 Å². The molecule has 0 radical (unpaired) electrons. The van der Waals surface area contributed by atoms with Crippen LogP contribution >= 0.6 is 11.6 Å². The third-order valence-corrected chi connectivity index (χ3v) is 5.64. The van der Waals surface area contributed by atoms with Crippen molar-refractivity contribution in [2.45, 2.75) is 6.54 Å². The summed E-state index contributed by atoms with van der Waals surface area (Å²) in [6.07, 6.45) is 6.34. The van der Waals surface area contributed by atoms with Gasteiger partial charge >= 0.3 is 6.03 Å². The Hall–Kier alpha value is -4.23. The second kappa shape index (κ2) is 8.37. The van der Waals surface area contributed by atoms with Gasteiger partial charge in [0.2, 0.25) is 0 Å². The number of rotatable bonds is 4. The molecule has 4 aromatic rings. The van der Waals surface area contributed by atoms with E-state index in [2.05, 4.69) is 10.3 Å². The van der Waals surface area contributed by atoms with Crippen LogP contribution in [0.1, 0.15) is 11.1 Å². The number of amides is 4. The lowest BCUT2D eigenvalue weighted by atomic mass is 10.1. The number of pyridine rings is 1. The Morgan fingerprint density at radius 3 is 2.52 bits per heavy atom. The molecule has 3 heterocycles. The number of carbonyl (C=O) groups is 3. The van der Waals surface area contributed by atoms with Gasteiger partial charge in [-0.3, -0.25) is 19.9 Å². The van der Waals surface area contributed by atoms with E-state index < -0.39 is 17.8 Å². The highest BCUT2D eigenvalue weighted by molar-refractivity contribution is 6.39. The molecule has 0 saturated carbocycles. The van der Waals surface area contributed by atoms with E-state index in [4.69, 9.17) is 11.6 Å². The lowest BCUT2D eigenvalue weighted by Crippen LogP contribution is -2.54. The highest BCUT2D eigenvalue weighted by Gasteiger charge is 2.37. The predicted octanol–water partition coefficient (Wildman–Crippen LogP) is 4.40. The molecule has 0 spiro atoms. The molecule has 33 heavy (non-hydrogen) atoms. The molecule has 0 unspecified atom stereocenters. The van der Waals surface area contributed by atoms with Gasteiger partial charge < -0.3 is 4.57 Å². The number of benzene rings is 2. The minimum Gasteiger partial charge on any atom is -0.342 e. The molecular formula is C25H17ClN4O3. The molecular weight excluding hydrogens is 440 g/mol. The Morgan fingerprint density at radius 2 is 1.76 bits per heavy atom. The van der Waals surface area contributed by atoms with Crippen molar-refractivity contribution in [2.75, 3.05) is 4.90 Å². The zero-order chi connectivity index (χ0) is 22.9. The van der Waals surface area contributed by atoms with Gasteiger partial charge in [-0.05, 0) is 42.0 Å². The number of nitrogens with one attached hydrogen (secondary N) is 1. The number of barbiturate groups is 1. The molecule has 162 valence electrons. The van der Waals surface area contributed by atoms with Crippen molar-refractivity contribution in [3.63, 3.8) is 0 Å². The number of aromatic nitrogens is 2. The third kappa shape index (κ3) is 3.90. The summed E-state index contributed by atoms with van der Waals surface area (Å²) in [5, 5.41) is 3.78. The van der Waals surface area contributed by atoms with Gasteiger partial charge in [0, 0.05) is 40.4 Å². The number of para-hydroxylation sites is 1. The average Bonchev–Trinajstić information content (AvgIpc) is 3.16. The van der Waals surface area contributed by atoms with Crippen molar-refractivity contribution in [1.29, 1.82) is 0 Å². The van der Waals surface area contributed by atoms with Crippen LogP contribution in [0.4, 0.5) is 10.5 Å². The third-order valence-electron chi connectivity index (χ3n) is 5.39. The SMILES string of the molecule is O=C1NC(=O)N(c2cccnc2)C(=O)/C1=C/c1cn(Cc2ccc(Cl)cc2)c2ccccc12. The number of imide groups is 2. The summed E-state index contributed by atoms with van der Waals surface area (Å²) in [5.74, 6) is -1.44. The van der Waals surface area contributed by atoms with Gasteiger partial charge in [-0.15, -0.1) is 0 Å². The van der Waals surface area contributed by atoms with Crippen molar-refractivity contribution < 1.29 is 14.4 Å². The van der Waals surface area contributed by atoms with Crippen LogP contribution in [0.3, 0.4) is 0 Å². The van der Waals surface area contributed by atoms with Crippen LogP contribution in [0.5, 0.6) is 0 Å². The van der Waals surface area contributed by atoms with Crippen LogP contribution in [-0.4, -0.2) is 27.4 Å². The number of fused-ring (bicyclic) bond motifs is 1. The van der Waals surface area contributed by atoms with Crippen molar-refractivity contribution in [1.82, 2.24) is 14.9 Å². The first-order chi connectivity index (χ1) is 16.0. The fourth-order valence-corrected chi connectivity index (χ4v) is 3.97. The van der Waals surface area contributed by atoms with Crippen molar-refractivity contribution in [3.8, 4) is 0 Å². The van der Waals surface area contributed by atoms with E-state index in [9.17, 15) is 14.4 Å². The van der Waals surface area contributed by atoms with Gasteiger partial charge in [-0.1, -0.05) is 41.9 Å². The van der Waals surface area contributed by atoms with Gasteiger partial charge in [-0.2, -0.15) is 0 Å². The Balaban J connectivity index is 1.56. The first-order valence-corrected chi connectivity index (χ1v) is 10.5. The van der Waals surface area contributed by atoms with Crippen LogP contribution in [0.2, 0.25) is 5.02 Å². The minimum atomic E-state index is -0.805. The lowest BCUT2D eigenvalue weighted by molar-refractivity contribution is -0.122. The quantitative estimate of drug-likeness (QED) is 0.364. The Morgan fingerprint density at radius 1 is 0.970 bits per heavy atom. The Labute approximate surface area is 193 Å². The molecule has 2 aromatic carbocycles. The topological polar surface area (TPSA) is 84.3 Å². The highest BCUT2D eigenvalue weighted by Crippen LogP contribution is 2.27. The van der Waals surface area contributed by atoms with E-state index in [1.165, 1.54) is 18.5 Å². The number of hydrogen-bond donors (Lipinski definition) is 1. The van der Waals surface area contributed by atoms with Crippen LogP contribution in [0.15, 0.2) is 84.8 Å². The van der Waals surface area contributed by atoms with Crippen LogP contribution in [0.25, 0.3) is 17.0 Å². The van der Waals surface area contributed by atoms with Crippen molar-refractivity contribution in [3.05, 3.63) is 101 Å². The number of anilines is 1. The predicted molar refractivity (Wildman–Crippen MR) is 126 cm³/mol. The standard InChI is InChI=1S/C25H17ClN4O3/c26-18-9-7-16(8-10-18)14-29-15-17(20-5-1-2-6-22(20)29)12-21-23(31)28-25(33)30(24(21)32)19-4-3-11-27-13-19/h1-13,15H,14H2,(H,28,31,33)/b21-12+. The molecule has 1 fully saturated rings. The van der Waals surface area contributed by atoms with Gasteiger partial charge in [0.1, 0.15) is 5.57 Å². The lowest BCUT2D eigenvalue weighted by Gasteiger charge is -2.25. The normalized spacial score (nSPS) is 15.4. The van der Waals surface area contributed by atoms with Gasteiger partial charge in [-0.25, -0.2) is 9.69 Å². The molecule has 5 rings (SSSR count). The van der Waals surface area contributed by atoms with E-state index in [0.29, 0.717) is 17.1 Å². The molecule has 1 aliphatic rings. The zero-order valence-corrected chi connectivity index (χ0v) is 18.0. The largest absolute Gasteiger partial charge is 0.342 e. The fraction of sp³-hybridized carbons (Fsp3) is 0.0400. The van der Waals surface area contributed by atoms with Gasteiger partial charge in [0.25, 0.3) is 11.8 Å². The highest BCUT2D eigenvalue weighted by atomic mass is 35.5. The van der Waals surface area contributed by atoms with E-state index in [-0.39, 0.29) is 11.3 Å². The fourth-order valence-electron chi connectivity index (χ4n) is 3.84. The molecule has 2 aromatic heterocycles. The van der Waals surface area contributed by atoms with Crippen LogP contribution < -0.4 is 10.2 Å². The number of hydrogen-bond acceptors (Lipinski definition) is 4. The summed E-state index contributed by atoms with van der Waals surface area (Å²) >= 11 is 6.00. The summed E-state index contributed by atoms with van der Waals surface area (Å²) in [6, 6.07) is 17.7. The summed E-state index contributed by atoms with van der Waals surface area (Å²) in [7, 11) is 0. The maximum absolute atomic E-state index is 13.1. The molecule has 1 aliphatic heterocycles. The molecule has 1 saturated heterocycles. The summed E-state index contributed by atoms with van der Waals surface area (Å²) in [5.41, 5.74) is 2.84. The van der Waals surface area contributed by atoms with Crippen LogP contribution in [-0.2, 0) is 16.1 Å². The molecule has 1 N–H and O–H groups in total. The maximum atomic E-state index is 13.1. The molecule has 0 bridgehead atoms. The second-order valence-corrected chi connectivity index (χ2v) is 7.96. The molecule has 4 amide bonds. The molecule has 0 aliphatic carbocycles.